The van der Waals surface area contributed by atoms with Gasteiger partial charge in [0.15, 0.2) is 0 Å². The van der Waals surface area contributed by atoms with Gasteiger partial charge in [0.2, 0.25) is 0 Å². The van der Waals surface area contributed by atoms with Crippen LogP contribution in [0, 0.1) is 10.1 Å². The third-order valence-electron chi connectivity index (χ3n) is 11.4. The smallest absolute Gasteiger partial charge is 0.258 e. The zero-order valence-corrected chi connectivity index (χ0v) is 33.4. The van der Waals surface area contributed by atoms with Gasteiger partial charge in [0.05, 0.1) is 4.92 Å². The SMILES string of the molecule is CCCCCCCCCCCCCCCCC1(CCCCCCCCCCCCCCCC)c2cc(Br)ccc2-c2ccc([N+](=O)[O-])cc21. The number of hydrogen-bond acceptors (Lipinski definition) is 2. The summed E-state index contributed by atoms with van der Waals surface area (Å²) in [6.07, 6.45) is 40.3. The molecule has 0 aromatic heterocycles. The van der Waals surface area contributed by atoms with E-state index in [4.69, 9.17) is 0 Å². The molecule has 0 spiro atoms. The van der Waals surface area contributed by atoms with E-state index in [2.05, 4.69) is 48.0 Å². The number of unbranched alkanes of at least 4 members (excludes halogenated alkanes) is 26. The molecule has 0 radical (unpaired) electrons. The number of hydrogen-bond donors (Lipinski definition) is 0. The first-order valence-electron chi connectivity index (χ1n) is 21.1. The van der Waals surface area contributed by atoms with Crippen LogP contribution in [0.2, 0.25) is 0 Å². The molecule has 0 N–H and O–H groups in total. The molecule has 0 atom stereocenters. The van der Waals surface area contributed by atoms with E-state index in [1.807, 2.05) is 12.1 Å². The second-order valence-electron chi connectivity index (χ2n) is 15.5. The molecule has 0 saturated carbocycles. The van der Waals surface area contributed by atoms with E-state index in [1.165, 1.54) is 202 Å². The lowest BCUT2D eigenvalue weighted by molar-refractivity contribution is -0.384. The number of nitro groups is 1. The van der Waals surface area contributed by atoms with E-state index in [0.717, 1.165) is 17.3 Å². The van der Waals surface area contributed by atoms with E-state index in [9.17, 15) is 10.1 Å². The molecule has 0 amide bonds. The van der Waals surface area contributed by atoms with Crippen molar-refractivity contribution >= 4 is 21.6 Å². The summed E-state index contributed by atoms with van der Waals surface area (Å²) in [5, 5.41) is 11.9. The van der Waals surface area contributed by atoms with Gasteiger partial charge in [-0.2, -0.15) is 0 Å². The average Bonchev–Trinajstić information content (AvgIpc) is 3.36. The predicted molar refractivity (Wildman–Crippen MR) is 217 cm³/mol. The fourth-order valence-corrected chi connectivity index (χ4v) is 8.84. The molecule has 0 aliphatic heterocycles. The number of non-ortho nitro benzene ring substituents is 1. The van der Waals surface area contributed by atoms with Crippen LogP contribution in [-0.4, -0.2) is 4.92 Å². The maximum Gasteiger partial charge on any atom is 0.269 e. The van der Waals surface area contributed by atoms with E-state index in [0.29, 0.717) is 0 Å². The fourth-order valence-electron chi connectivity index (χ4n) is 8.48. The van der Waals surface area contributed by atoms with Gasteiger partial charge in [-0.15, -0.1) is 0 Å². The highest BCUT2D eigenvalue weighted by Gasteiger charge is 2.43. The summed E-state index contributed by atoms with van der Waals surface area (Å²) in [6.45, 7) is 4.58. The van der Waals surface area contributed by atoms with Crippen LogP contribution in [0.15, 0.2) is 40.9 Å². The number of nitro benzene ring substituents is 1. The van der Waals surface area contributed by atoms with Crippen LogP contribution in [0.25, 0.3) is 11.1 Å². The molecular weight excluding hydrogens is 666 g/mol. The van der Waals surface area contributed by atoms with Crippen molar-refractivity contribution in [3.05, 3.63) is 62.1 Å². The van der Waals surface area contributed by atoms with Crippen LogP contribution < -0.4 is 0 Å². The summed E-state index contributed by atoms with van der Waals surface area (Å²) in [6, 6.07) is 12.4. The highest BCUT2D eigenvalue weighted by molar-refractivity contribution is 9.10. The summed E-state index contributed by atoms with van der Waals surface area (Å²) in [7, 11) is 0. The Kier molecular flexibility index (Phi) is 21.6. The van der Waals surface area contributed by atoms with Crippen LogP contribution in [0.1, 0.15) is 218 Å². The summed E-state index contributed by atoms with van der Waals surface area (Å²) < 4.78 is 1.11. The molecule has 49 heavy (non-hydrogen) atoms. The Balaban J connectivity index is 1.48. The molecule has 276 valence electrons. The highest BCUT2D eigenvalue weighted by atomic mass is 79.9. The largest absolute Gasteiger partial charge is 0.269 e. The van der Waals surface area contributed by atoms with Gasteiger partial charge in [-0.3, -0.25) is 10.1 Å². The Hall–Kier alpha value is -1.68. The third-order valence-corrected chi connectivity index (χ3v) is 11.9. The quantitative estimate of drug-likeness (QED) is 0.0439. The predicted octanol–water partition coefficient (Wildman–Crippen LogP) is 16.4. The van der Waals surface area contributed by atoms with Crippen LogP contribution in [0.4, 0.5) is 5.69 Å². The summed E-state index contributed by atoms with van der Waals surface area (Å²) in [4.78, 5) is 11.7. The van der Waals surface area contributed by atoms with Crippen molar-refractivity contribution in [2.45, 2.75) is 212 Å². The molecule has 0 saturated heterocycles. The van der Waals surface area contributed by atoms with Crippen molar-refractivity contribution in [3.63, 3.8) is 0 Å². The molecule has 2 aromatic rings. The molecule has 0 heterocycles. The summed E-state index contributed by atoms with van der Waals surface area (Å²) >= 11 is 3.78. The standard InChI is InChI=1S/C45H72BrNO2/c1-3-5-7-9-11-13-15-17-19-21-23-25-27-29-35-45(36-30-28-26-24-22-20-18-16-14-12-10-8-6-4-2)43-37-39(46)31-33-41(43)42-34-32-40(47(48)49)38-44(42)45/h31-34,37-38H,3-30,35-36H2,1-2H3. The lowest BCUT2D eigenvalue weighted by Crippen LogP contribution is -2.25. The lowest BCUT2D eigenvalue weighted by atomic mass is 9.70. The van der Waals surface area contributed by atoms with Gasteiger partial charge in [-0.25, -0.2) is 0 Å². The van der Waals surface area contributed by atoms with Crippen LogP contribution in [-0.2, 0) is 5.41 Å². The molecule has 1 aliphatic rings. The first-order valence-corrected chi connectivity index (χ1v) is 21.9. The molecule has 1 aliphatic carbocycles. The van der Waals surface area contributed by atoms with Crippen molar-refractivity contribution in [2.75, 3.05) is 0 Å². The van der Waals surface area contributed by atoms with Crippen molar-refractivity contribution in [2.24, 2.45) is 0 Å². The van der Waals surface area contributed by atoms with Crippen LogP contribution in [0.5, 0.6) is 0 Å². The molecule has 0 bridgehead atoms. The van der Waals surface area contributed by atoms with Crippen molar-refractivity contribution in [1.29, 1.82) is 0 Å². The van der Waals surface area contributed by atoms with Gasteiger partial charge in [0, 0.05) is 22.0 Å². The van der Waals surface area contributed by atoms with Crippen molar-refractivity contribution in [3.8, 4) is 11.1 Å². The second kappa shape index (κ2) is 25.3. The monoisotopic (exact) mass is 737 g/mol. The van der Waals surface area contributed by atoms with Gasteiger partial charge >= 0.3 is 0 Å². The van der Waals surface area contributed by atoms with E-state index in [1.54, 1.807) is 6.07 Å². The zero-order valence-electron chi connectivity index (χ0n) is 31.8. The second-order valence-corrected chi connectivity index (χ2v) is 16.4. The van der Waals surface area contributed by atoms with Crippen LogP contribution in [0.3, 0.4) is 0 Å². The topological polar surface area (TPSA) is 43.1 Å². The maximum absolute atomic E-state index is 11.9. The maximum atomic E-state index is 11.9. The number of nitrogens with zero attached hydrogens (tertiary/aromatic N) is 1. The minimum absolute atomic E-state index is 0.130. The van der Waals surface area contributed by atoms with Gasteiger partial charge in [-0.1, -0.05) is 216 Å². The van der Waals surface area contributed by atoms with Gasteiger partial charge in [0.25, 0.3) is 5.69 Å². The molecule has 4 heteroatoms. The first-order chi connectivity index (χ1) is 24.0. The third kappa shape index (κ3) is 14.8. The number of rotatable bonds is 31. The lowest BCUT2D eigenvalue weighted by Gasteiger charge is -2.33. The highest BCUT2D eigenvalue weighted by Crippen LogP contribution is 2.55. The zero-order chi connectivity index (χ0) is 35.0. The minimum atomic E-state index is -0.205. The van der Waals surface area contributed by atoms with Gasteiger partial charge in [-0.05, 0) is 53.3 Å². The summed E-state index contributed by atoms with van der Waals surface area (Å²) in [5.41, 5.74) is 5.19. The number of benzene rings is 2. The van der Waals surface area contributed by atoms with Crippen LogP contribution >= 0.6 is 15.9 Å². The molecule has 3 nitrogen and oxygen atoms in total. The van der Waals surface area contributed by atoms with Gasteiger partial charge < -0.3 is 0 Å². The molecule has 0 unspecified atom stereocenters. The normalized spacial score (nSPS) is 13.1. The Bertz CT molecular complexity index is 1140. The Morgan fingerprint density at radius 1 is 0.490 bits per heavy atom. The fraction of sp³-hybridized carbons (Fsp3) is 0.733. The number of halogens is 1. The molecule has 2 aromatic carbocycles. The van der Waals surface area contributed by atoms with Crippen molar-refractivity contribution in [1.82, 2.24) is 0 Å². The van der Waals surface area contributed by atoms with E-state index in [-0.39, 0.29) is 16.0 Å². The molecule has 0 fully saturated rings. The summed E-state index contributed by atoms with van der Waals surface area (Å²) in [5.74, 6) is 0. The van der Waals surface area contributed by atoms with E-state index >= 15 is 0 Å². The minimum Gasteiger partial charge on any atom is -0.258 e. The van der Waals surface area contributed by atoms with Gasteiger partial charge in [0.1, 0.15) is 0 Å². The Morgan fingerprint density at radius 3 is 1.18 bits per heavy atom. The molecule has 3 rings (SSSR count). The average molecular weight is 739 g/mol. The molecular formula is C45H72BrNO2. The number of fused-ring (bicyclic) bond motifs is 3. The van der Waals surface area contributed by atoms with Crippen molar-refractivity contribution < 1.29 is 4.92 Å². The Labute approximate surface area is 310 Å². The Morgan fingerprint density at radius 2 is 0.816 bits per heavy atom. The van der Waals surface area contributed by atoms with E-state index < -0.39 is 0 Å². The first kappa shape index (κ1) is 41.7.